The highest BCUT2D eigenvalue weighted by Gasteiger charge is 2.12. The molecule has 1 aromatic heterocycles. The van der Waals surface area contributed by atoms with E-state index in [1.165, 1.54) is 0 Å². The van der Waals surface area contributed by atoms with Crippen LogP contribution >= 0.6 is 12.2 Å². The zero-order valence-corrected chi connectivity index (χ0v) is 18.4. The predicted molar refractivity (Wildman–Crippen MR) is 127 cm³/mol. The molecule has 0 bridgehead atoms. The average molecular weight is 448 g/mol. The zero-order valence-electron chi connectivity index (χ0n) is 17.5. The van der Waals surface area contributed by atoms with Gasteiger partial charge < -0.3 is 19.2 Å². The van der Waals surface area contributed by atoms with Gasteiger partial charge in [0.2, 0.25) is 5.89 Å². The van der Waals surface area contributed by atoms with E-state index < -0.39 is 0 Å². The number of oxazole rings is 1. The molecule has 4 rings (SSSR count). The fourth-order valence-corrected chi connectivity index (χ4v) is 3.30. The maximum absolute atomic E-state index is 12.4. The van der Waals surface area contributed by atoms with E-state index in [2.05, 4.69) is 15.6 Å². The molecule has 0 radical (unpaired) electrons. The minimum absolute atomic E-state index is 0.174. The highest BCUT2D eigenvalue weighted by molar-refractivity contribution is 7.80. The molecule has 0 aliphatic heterocycles. The fraction of sp³-hybridized carbons (Fsp3) is 0.125. The third kappa shape index (κ3) is 4.87. The van der Waals surface area contributed by atoms with Gasteiger partial charge in [0, 0.05) is 16.8 Å². The first-order valence-corrected chi connectivity index (χ1v) is 10.4. The van der Waals surface area contributed by atoms with Crippen molar-refractivity contribution in [2.45, 2.75) is 6.92 Å². The number of benzene rings is 3. The molecule has 1 heterocycles. The summed E-state index contributed by atoms with van der Waals surface area (Å²) in [6, 6.07) is 19.8. The molecule has 0 aliphatic carbocycles. The van der Waals surface area contributed by atoms with Crippen molar-refractivity contribution >= 4 is 40.0 Å². The van der Waals surface area contributed by atoms with Crippen LogP contribution in [-0.4, -0.2) is 29.7 Å². The van der Waals surface area contributed by atoms with Crippen molar-refractivity contribution in [1.82, 2.24) is 10.3 Å². The number of carbonyl (C=O) groups excluding carboxylic acids is 1. The van der Waals surface area contributed by atoms with Gasteiger partial charge in [0.05, 0.1) is 13.7 Å². The van der Waals surface area contributed by atoms with Crippen molar-refractivity contribution in [1.29, 1.82) is 0 Å². The van der Waals surface area contributed by atoms with E-state index in [-0.39, 0.29) is 11.0 Å². The summed E-state index contributed by atoms with van der Waals surface area (Å²) in [5, 5.41) is 5.84. The molecule has 4 aromatic rings. The number of hydrogen-bond donors (Lipinski definition) is 2. The van der Waals surface area contributed by atoms with E-state index in [0.717, 1.165) is 11.3 Å². The van der Waals surface area contributed by atoms with Gasteiger partial charge in [-0.1, -0.05) is 6.07 Å². The van der Waals surface area contributed by atoms with Crippen LogP contribution in [0.5, 0.6) is 11.5 Å². The molecule has 162 valence electrons. The Bertz CT molecular complexity index is 1270. The van der Waals surface area contributed by atoms with E-state index in [9.17, 15) is 4.79 Å². The smallest absolute Gasteiger partial charge is 0.257 e. The molecule has 7 nitrogen and oxygen atoms in total. The van der Waals surface area contributed by atoms with Crippen LogP contribution in [0.2, 0.25) is 0 Å². The van der Waals surface area contributed by atoms with Gasteiger partial charge in [-0.25, -0.2) is 4.98 Å². The number of nitrogens with zero attached hydrogens (tertiary/aromatic N) is 1. The topological polar surface area (TPSA) is 85.6 Å². The van der Waals surface area contributed by atoms with Crippen LogP contribution in [0.15, 0.2) is 71.1 Å². The molecule has 0 spiro atoms. The van der Waals surface area contributed by atoms with Crippen molar-refractivity contribution in [3.63, 3.8) is 0 Å². The Labute approximate surface area is 190 Å². The van der Waals surface area contributed by atoms with Gasteiger partial charge in [-0.2, -0.15) is 0 Å². The molecule has 1 amide bonds. The lowest BCUT2D eigenvalue weighted by Gasteiger charge is -2.10. The molecule has 0 saturated heterocycles. The van der Waals surface area contributed by atoms with Gasteiger partial charge >= 0.3 is 0 Å². The summed E-state index contributed by atoms with van der Waals surface area (Å²) in [5.41, 5.74) is 3.28. The van der Waals surface area contributed by atoms with Crippen LogP contribution in [0.4, 0.5) is 5.69 Å². The number of carbonyl (C=O) groups is 1. The quantitative estimate of drug-likeness (QED) is 0.401. The monoisotopic (exact) mass is 447 g/mol. The first-order valence-electron chi connectivity index (χ1n) is 9.96. The summed E-state index contributed by atoms with van der Waals surface area (Å²) >= 11 is 5.28. The standard InChI is InChI=1S/C24H21N3O4S/c1-3-30-18-10-7-15(8-11-18)23-26-20-14-17(9-12-21(20)31-23)25-24(32)27-22(28)16-5-4-6-19(13-16)29-2/h4-14H,3H2,1-2H3,(H2,25,27,28,32). The van der Waals surface area contributed by atoms with E-state index in [1.54, 1.807) is 49.6 Å². The second kappa shape index (κ2) is 9.49. The number of hydrogen-bond acceptors (Lipinski definition) is 6. The number of amides is 1. The molecular formula is C24H21N3O4S. The summed E-state index contributed by atoms with van der Waals surface area (Å²) in [5.74, 6) is 1.57. The van der Waals surface area contributed by atoms with E-state index in [0.29, 0.717) is 40.6 Å². The number of nitrogens with one attached hydrogen (secondary N) is 2. The molecule has 0 fully saturated rings. The number of aromatic nitrogens is 1. The lowest BCUT2D eigenvalue weighted by molar-refractivity contribution is 0.0977. The lowest BCUT2D eigenvalue weighted by Crippen LogP contribution is -2.34. The number of rotatable bonds is 6. The third-order valence-electron chi connectivity index (χ3n) is 4.62. The number of ether oxygens (including phenoxy) is 2. The first-order chi connectivity index (χ1) is 15.6. The summed E-state index contributed by atoms with van der Waals surface area (Å²) in [4.78, 5) is 17.0. The largest absolute Gasteiger partial charge is 0.497 e. The van der Waals surface area contributed by atoms with Crippen molar-refractivity contribution < 1.29 is 18.7 Å². The van der Waals surface area contributed by atoms with Gasteiger partial charge in [0.15, 0.2) is 10.7 Å². The Morgan fingerprint density at radius 3 is 2.62 bits per heavy atom. The first kappa shape index (κ1) is 21.3. The molecular weight excluding hydrogens is 426 g/mol. The minimum atomic E-state index is -0.332. The Morgan fingerprint density at radius 1 is 1.06 bits per heavy atom. The summed E-state index contributed by atoms with van der Waals surface area (Å²) in [6.07, 6.45) is 0. The maximum atomic E-state index is 12.4. The van der Waals surface area contributed by atoms with Crippen molar-refractivity contribution in [3.05, 3.63) is 72.3 Å². The van der Waals surface area contributed by atoms with E-state index >= 15 is 0 Å². The second-order valence-electron chi connectivity index (χ2n) is 6.80. The Kier molecular flexibility index (Phi) is 6.32. The maximum Gasteiger partial charge on any atom is 0.257 e. The summed E-state index contributed by atoms with van der Waals surface area (Å²) in [6.45, 7) is 2.55. The Hall–Kier alpha value is -3.91. The second-order valence-corrected chi connectivity index (χ2v) is 7.21. The Morgan fingerprint density at radius 2 is 1.88 bits per heavy atom. The molecule has 0 unspecified atom stereocenters. The average Bonchev–Trinajstić information content (AvgIpc) is 3.23. The fourth-order valence-electron chi connectivity index (χ4n) is 3.09. The molecule has 0 aliphatic rings. The Balaban J connectivity index is 1.45. The van der Waals surface area contributed by atoms with Crippen molar-refractivity contribution in [2.24, 2.45) is 0 Å². The molecule has 0 atom stereocenters. The normalized spacial score (nSPS) is 10.6. The van der Waals surface area contributed by atoms with E-state index in [1.807, 2.05) is 31.2 Å². The molecule has 3 aromatic carbocycles. The highest BCUT2D eigenvalue weighted by Crippen LogP contribution is 2.27. The van der Waals surface area contributed by atoms with Crippen LogP contribution < -0.4 is 20.1 Å². The van der Waals surface area contributed by atoms with Gasteiger partial charge in [0.1, 0.15) is 17.0 Å². The number of fused-ring (bicyclic) bond motifs is 1. The molecule has 8 heteroatoms. The zero-order chi connectivity index (χ0) is 22.5. The van der Waals surface area contributed by atoms with Crippen LogP contribution in [0.1, 0.15) is 17.3 Å². The van der Waals surface area contributed by atoms with Crippen molar-refractivity contribution in [2.75, 3.05) is 19.0 Å². The van der Waals surface area contributed by atoms with Crippen LogP contribution in [-0.2, 0) is 0 Å². The number of anilines is 1. The van der Waals surface area contributed by atoms with Gasteiger partial charge in [0.25, 0.3) is 5.91 Å². The SMILES string of the molecule is CCOc1ccc(-c2nc3cc(NC(=S)NC(=O)c4cccc(OC)c4)ccc3o2)cc1. The molecule has 2 N–H and O–H groups in total. The van der Waals surface area contributed by atoms with Crippen molar-refractivity contribution in [3.8, 4) is 23.0 Å². The predicted octanol–water partition coefficient (Wildman–Crippen LogP) is 5.03. The van der Waals surface area contributed by atoms with Crippen LogP contribution in [0, 0.1) is 0 Å². The lowest BCUT2D eigenvalue weighted by atomic mass is 10.2. The van der Waals surface area contributed by atoms with Gasteiger partial charge in [-0.3, -0.25) is 10.1 Å². The van der Waals surface area contributed by atoms with Gasteiger partial charge in [-0.15, -0.1) is 0 Å². The van der Waals surface area contributed by atoms with E-state index in [4.69, 9.17) is 26.1 Å². The number of thiocarbonyl (C=S) groups is 1. The van der Waals surface area contributed by atoms with Crippen LogP contribution in [0.25, 0.3) is 22.6 Å². The van der Waals surface area contributed by atoms with Gasteiger partial charge in [-0.05, 0) is 79.8 Å². The summed E-state index contributed by atoms with van der Waals surface area (Å²) < 4.78 is 16.5. The molecule has 32 heavy (non-hydrogen) atoms. The summed E-state index contributed by atoms with van der Waals surface area (Å²) in [7, 11) is 1.55. The highest BCUT2D eigenvalue weighted by atomic mass is 32.1. The van der Waals surface area contributed by atoms with Crippen LogP contribution in [0.3, 0.4) is 0 Å². The number of methoxy groups -OCH3 is 1. The third-order valence-corrected chi connectivity index (χ3v) is 4.82. The minimum Gasteiger partial charge on any atom is -0.497 e. The molecule has 0 saturated carbocycles.